The van der Waals surface area contributed by atoms with Crippen molar-refractivity contribution in [1.29, 1.82) is 0 Å². The van der Waals surface area contributed by atoms with Gasteiger partial charge in [0.15, 0.2) is 0 Å². The van der Waals surface area contributed by atoms with Crippen LogP contribution in [0.1, 0.15) is 27.2 Å². The van der Waals surface area contributed by atoms with E-state index in [2.05, 4.69) is 10.3 Å². The Labute approximate surface area is 148 Å². The van der Waals surface area contributed by atoms with Gasteiger partial charge in [0.1, 0.15) is 11.4 Å². The summed E-state index contributed by atoms with van der Waals surface area (Å²) in [5, 5.41) is 4.55. The molecule has 2 heterocycles. The Morgan fingerprint density at radius 3 is 2.88 bits per heavy atom. The number of fused-ring (bicyclic) bond motifs is 1. The molecule has 1 aliphatic heterocycles. The van der Waals surface area contributed by atoms with Crippen LogP contribution in [0, 0.1) is 0 Å². The first kappa shape index (κ1) is 17.3. The van der Waals surface area contributed by atoms with Gasteiger partial charge in [-0.25, -0.2) is 4.79 Å². The summed E-state index contributed by atoms with van der Waals surface area (Å²) in [4.78, 5) is 18.4. The van der Waals surface area contributed by atoms with E-state index < -0.39 is 5.60 Å². The molecule has 0 saturated carbocycles. The molecule has 0 unspecified atom stereocenters. The number of nitrogens with one attached hydrogen (secondary N) is 1. The summed E-state index contributed by atoms with van der Waals surface area (Å²) in [6.45, 7) is 6.97. The van der Waals surface area contributed by atoms with Gasteiger partial charge in [-0.2, -0.15) is 0 Å². The van der Waals surface area contributed by atoms with Crippen LogP contribution in [-0.4, -0.2) is 47.8 Å². The van der Waals surface area contributed by atoms with E-state index in [-0.39, 0.29) is 12.1 Å². The minimum absolute atomic E-state index is 0.185. The molecule has 1 aromatic heterocycles. The van der Waals surface area contributed by atoms with Crippen molar-refractivity contribution < 1.29 is 14.3 Å². The lowest BCUT2D eigenvalue weighted by Gasteiger charge is -2.24. The predicted molar refractivity (Wildman–Crippen MR) is 98.1 cm³/mol. The van der Waals surface area contributed by atoms with Crippen LogP contribution in [-0.2, 0) is 4.74 Å². The second-order valence-corrected chi connectivity index (χ2v) is 7.30. The van der Waals surface area contributed by atoms with Crippen molar-refractivity contribution in [3.8, 4) is 5.75 Å². The Bertz CT molecular complexity index is 770. The van der Waals surface area contributed by atoms with Gasteiger partial charge in [0.05, 0.1) is 18.8 Å². The van der Waals surface area contributed by atoms with E-state index in [9.17, 15) is 4.79 Å². The van der Waals surface area contributed by atoms with Gasteiger partial charge >= 0.3 is 6.09 Å². The molecule has 0 aliphatic carbocycles. The second kappa shape index (κ2) is 6.78. The van der Waals surface area contributed by atoms with E-state index >= 15 is 0 Å². The summed E-state index contributed by atoms with van der Waals surface area (Å²) in [6.07, 6.45) is 2.34. The van der Waals surface area contributed by atoms with Gasteiger partial charge < -0.3 is 19.7 Å². The first-order valence-electron chi connectivity index (χ1n) is 8.53. The molecule has 0 spiro atoms. The minimum Gasteiger partial charge on any atom is -0.495 e. The van der Waals surface area contributed by atoms with Crippen molar-refractivity contribution in [3.05, 3.63) is 30.5 Å². The molecule has 0 bridgehead atoms. The molecule has 2 aromatic rings. The average Bonchev–Trinajstić information content (AvgIpc) is 3.02. The van der Waals surface area contributed by atoms with Gasteiger partial charge in [-0.1, -0.05) is 6.07 Å². The monoisotopic (exact) mass is 343 g/mol. The number of anilines is 1. The molecule has 0 radical (unpaired) electrons. The zero-order valence-corrected chi connectivity index (χ0v) is 15.2. The smallest absolute Gasteiger partial charge is 0.410 e. The zero-order valence-electron chi connectivity index (χ0n) is 15.2. The van der Waals surface area contributed by atoms with E-state index in [1.807, 2.05) is 45.0 Å². The highest BCUT2D eigenvalue weighted by atomic mass is 16.6. The summed E-state index contributed by atoms with van der Waals surface area (Å²) < 4.78 is 10.7. The van der Waals surface area contributed by atoms with E-state index in [0.29, 0.717) is 13.1 Å². The normalized spacial score (nSPS) is 17.6. The van der Waals surface area contributed by atoms with Crippen molar-refractivity contribution in [2.45, 2.75) is 38.8 Å². The average molecular weight is 343 g/mol. The highest BCUT2D eigenvalue weighted by molar-refractivity contribution is 5.92. The number of ether oxygens (including phenoxy) is 2. The Hall–Kier alpha value is -2.50. The number of nitrogens with zero attached hydrogens (tertiary/aromatic N) is 2. The molecule has 6 heteroatoms. The number of amides is 1. The molecule has 3 rings (SSSR count). The molecule has 6 nitrogen and oxygen atoms in total. The molecular formula is C19H25N3O3. The second-order valence-electron chi connectivity index (χ2n) is 7.30. The topological polar surface area (TPSA) is 63.7 Å². The fourth-order valence-corrected chi connectivity index (χ4v) is 2.96. The molecule has 1 amide bonds. The molecule has 1 aliphatic rings. The van der Waals surface area contributed by atoms with Crippen LogP contribution in [0.25, 0.3) is 10.9 Å². The predicted octanol–water partition coefficient (Wildman–Crippen LogP) is 3.66. The fourth-order valence-electron chi connectivity index (χ4n) is 2.96. The van der Waals surface area contributed by atoms with Crippen LogP contribution >= 0.6 is 0 Å². The lowest BCUT2D eigenvalue weighted by Crippen LogP contribution is -2.36. The third kappa shape index (κ3) is 4.13. The minimum atomic E-state index is -0.472. The number of hydrogen-bond donors (Lipinski definition) is 1. The lowest BCUT2D eigenvalue weighted by molar-refractivity contribution is 0.0293. The van der Waals surface area contributed by atoms with Crippen LogP contribution in [0.15, 0.2) is 30.5 Å². The number of likely N-dealkylation sites (tertiary alicyclic amines) is 1. The molecular weight excluding hydrogens is 318 g/mol. The Morgan fingerprint density at radius 1 is 1.36 bits per heavy atom. The summed E-state index contributed by atoms with van der Waals surface area (Å²) in [5.41, 5.74) is 1.44. The number of carbonyl (C=O) groups excluding carboxylic acids is 1. The van der Waals surface area contributed by atoms with Gasteiger partial charge in [0.2, 0.25) is 0 Å². The maximum Gasteiger partial charge on any atom is 0.410 e. The van der Waals surface area contributed by atoms with Gasteiger partial charge in [-0.3, -0.25) is 4.98 Å². The van der Waals surface area contributed by atoms with Crippen LogP contribution in [0.4, 0.5) is 10.5 Å². The van der Waals surface area contributed by atoms with Gasteiger partial charge in [-0.05, 0) is 45.4 Å². The number of rotatable bonds is 3. The lowest BCUT2D eigenvalue weighted by atomic mass is 10.1. The first-order chi connectivity index (χ1) is 11.9. The third-order valence-electron chi connectivity index (χ3n) is 4.14. The van der Waals surface area contributed by atoms with Crippen LogP contribution in [0.3, 0.4) is 0 Å². The molecule has 1 fully saturated rings. The third-order valence-corrected chi connectivity index (χ3v) is 4.14. The van der Waals surface area contributed by atoms with Crippen molar-refractivity contribution in [3.63, 3.8) is 0 Å². The van der Waals surface area contributed by atoms with Crippen molar-refractivity contribution >= 4 is 22.7 Å². The van der Waals surface area contributed by atoms with E-state index in [0.717, 1.165) is 28.8 Å². The Kier molecular flexibility index (Phi) is 4.70. The van der Waals surface area contributed by atoms with Crippen LogP contribution in [0.5, 0.6) is 5.75 Å². The Balaban J connectivity index is 1.71. The van der Waals surface area contributed by atoms with Crippen LogP contribution in [0.2, 0.25) is 0 Å². The molecule has 25 heavy (non-hydrogen) atoms. The summed E-state index contributed by atoms with van der Waals surface area (Å²) in [7, 11) is 1.63. The number of benzene rings is 1. The number of methoxy groups -OCH3 is 1. The maximum absolute atomic E-state index is 12.2. The van der Waals surface area contributed by atoms with Gasteiger partial charge in [-0.15, -0.1) is 0 Å². The van der Waals surface area contributed by atoms with Crippen molar-refractivity contribution in [2.24, 2.45) is 0 Å². The molecule has 1 N–H and O–H groups in total. The Morgan fingerprint density at radius 2 is 2.16 bits per heavy atom. The summed E-state index contributed by atoms with van der Waals surface area (Å²) >= 11 is 0. The quantitative estimate of drug-likeness (QED) is 0.921. The maximum atomic E-state index is 12.2. The van der Waals surface area contributed by atoms with Gasteiger partial charge in [0.25, 0.3) is 0 Å². The molecule has 1 aromatic carbocycles. The number of carbonyl (C=O) groups is 1. The number of pyridine rings is 1. The highest BCUT2D eigenvalue weighted by Crippen LogP contribution is 2.27. The number of hydrogen-bond acceptors (Lipinski definition) is 5. The number of aromatic nitrogens is 1. The summed E-state index contributed by atoms with van der Waals surface area (Å²) in [6, 6.07) is 8.14. The molecule has 134 valence electrons. The van der Waals surface area contributed by atoms with Gasteiger partial charge in [0, 0.05) is 30.2 Å². The molecule has 1 saturated heterocycles. The SMILES string of the molecule is COc1cnc2cccc(N[C@@H]3CCN(C(=O)OC(C)(C)C)C3)c2c1. The largest absolute Gasteiger partial charge is 0.495 e. The fraction of sp³-hybridized carbons (Fsp3) is 0.474. The van der Waals surface area contributed by atoms with Crippen molar-refractivity contribution in [2.75, 3.05) is 25.5 Å². The first-order valence-corrected chi connectivity index (χ1v) is 8.53. The van der Waals surface area contributed by atoms with Crippen molar-refractivity contribution in [1.82, 2.24) is 9.88 Å². The highest BCUT2D eigenvalue weighted by Gasteiger charge is 2.29. The van der Waals surface area contributed by atoms with E-state index in [4.69, 9.17) is 9.47 Å². The summed E-state index contributed by atoms with van der Waals surface area (Å²) in [5.74, 6) is 0.726. The molecule has 1 atom stereocenters. The van der Waals surface area contributed by atoms with Crippen LogP contribution < -0.4 is 10.1 Å². The van der Waals surface area contributed by atoms with E-state index in [1.165, 1.54) is 0 Å². The zero-order chi connectivity index (χ0) is 18.0. The van der Waals surface area contributed by atoms with E-state index in [1.54, 1.807) is 18.2 Å². The standard InChI is InChI=1S/C19H25N3O3/c1-19(2,3)25-18(23)22-9-8-13(12-22)21-17-7-5-6-16-15(17)10-14(24-4)11-20-16/h5-7,10-11,13,21H,8-9,12H2,1-4H3/t13-/m1/s1.